The van der Waals surface area contributed by atoms with Gasteiger partial charge in [-0.05, 0) is 5.56 Å². The number of rotatable bonds is 6. The Morgan fingerprint density at radius 1 is 1.26 bits per heavy atom. The number of imidazole rings is 1. The van der Waals surface area contributed by atoms with Crippen molar-refractivity contribution < 1.29 is 9.90 Å². The molecule has 0 spiro atoms. The first-order valence-corrected chi connectivity index (χ1v) is 7.99. The maximum absolute atomic E-state index is 10.7. The van der Waals surface area contributed by atoms with Gasteiger partial charge in [-0.25, -0.2) is 15.0 Å². The van der Waals surface area contributed by atoms with Crippen LogP contribution >= 0.6 is 11.8 Å². The first-order valence-electron chi connectivity index (χ1n) is 7.00. The molecule has 7 nitrogen and oxygen atoms in total. The topological polar surface area (TPSA) is 107 Å². The second kappa shape index (κ2) is 6.66. The van der Waals surface area contributed by atoms with Gasteiger partial charge >= 0.3 is 5.97 Å². The van der Waals surface area contributed by atoms with E-state index in [-0.39, 0.29) is 6.42 Å². The number of carbonyl (C=O) groups is 1. The first kappa shape index (κ1) is 15.3. The number of fused-ring (bicyclic) bond motifs is 1. The lowest BCUT2D eigenvalue weighted by molar-refractivity contribution is -0.136. The van der Waals surface area contributed by atoms with Gasteiger partial charge in [-0.3, -0.25) is 9.36 Å². The number of carboxylic acids is 1. The normalized spacial score (nSPS) is 11.0. The summed E-state index contributed by atoms with van der Waals surface area (Å²) in [5.74, 6) is -0.0785. The van der Waals surface area contributed by atoms with E-state index in [2.05, 4.69) is 15.0 Å². The lowest BCUT2D eigenvalue weighted by Crippen LogP contribution is -2.04. The van der Waals surface area contributed by atoms with Crippen molar-refractivity contribution in [3.05, 3.63) is 42.2 Å². The molecule has 23 heavy (non-hydrogen) atoms. The van der Waals surface area contributed by atoms with E-state index >= 15 is 0 Å². The molecule has 0 aliphatic carbocycles. The lowest BCUT2D eigenvalue weighted by atomic mass is 10.2. The average molecular weight is 329 g/mol. The van der Waals surface area contributed by atoms with Gasteiger partial charge in [-0.2, -0.15) is 0 Å². The maximum atomic E-state index is 10.7. The molecule has 3 N–H and O–H groups in total. The molecule has 0 aliphatic heterocycles. The highest BCUT2D eigenvalue weighted by molar-refractivity contribution is 7.99. The van der Waals surface area contributed by atoms with Crippen molar-refractivity contribution in [2.24, 2.45) is 0 Å². The highest BCUT2D eigenvalue weighted by Gasteiger charge is 2.15. The quantitative estimate of drug-likeness (QED) is 0.666. The fraction of sp³-hybridized carbons (Fsp3) is 0.200. The summed E-state index contributed by atoms with van der Waals surface area (Å²) in [5, 5.41) is 9.49. The van der Waals surface area contributed by atoms with Gasteiger partial charge in [0.15, 0.2) is 22.1 Å². The number of anilines is 1. The van der Waals surface area contributed by atoms with E-state index in [0.717, 1.165) is 5.56 Å². The number of nitrogens with zero attached hydrogens (tertiary/aromatic N) is 4. The van der Waals surface area contributed by atoms with E-state index in [1.54, 1.807) is 0 Å². The zero-order chi connectivity index (χ0) is 16.2. The van der Waals surface area contributed by atoms with Gasteiger partial charge in [0.2, 0.25) is 0 Å². The molecular weight excluding hydrogens is 314 g/mol. The molecule has 1 aromatic carbocycles. The van der Waals surface area contributed by atoms with E-state index in [4.69, 9.17) is 10.8 Å². The lowest BCUT2D eigenvalue weighted by Gasteiger charge is -2.08. The molecule has 118 valence electrons. The summed E-state index contributed by atoms with van der Waals surface area (Å²) in [5.41, 5.74) is 8.17. The Kier molecular flexibility index (Phi) is 4.42. The second-order valence-corrected chi connectivity index (χ2v) is 5.95. The van der Waals surface area contributed by atoms with Crippen LogP contribution in [-0.4, -0.2) is 36.3 Å². The highest BCUT2D eigenvalue weighted by atomic mass is 32.2. The Bertz CT molecular complexity index is 835. The molecule has 2 heterocycles. The predicted octanol–water partition coefficient (Wildman–Crippen LogP) is 2.02. The third-order valence-corrected chi connectivity index (χ3v) is 4.23. The number of benzene rings is 1. The van der Waals surface area contributed by atoms with Gasteiger partial charge in [0.25, 0.3) is 0 Å². The molecule has 3 aromatic rings. The predicted molar refractivity (Wildman–Crippen MR) is 88.3 cm³/mol. The zero-order valence-electron chi connectivity index (χ0n) is 12.2. The number of hydrogen-bond donors (Lipinski definition) is 2. The van der Waals surface area contributed by atoms with Gasteiger partial charge < -0.3 is 10.8 Å². The summed E-state index contributed by atoms with van der Waals surface area (Å²) >= 11 is 1.38. The Labute approximate surface area is 136 Å². The van der Waals surface area contributed by atoms with Crippen molar-refractivity contribution >= 4 is 34.7 Å². The van der Waals surface area contributed by atoms with E-state index < -0.39 is 5.97 Å². The van der Waals surface area contributed by atoms with Crippen molar-refractivity contribution in [3.63, 3.8) is 0 Å². The molecule has 3 rings (SSSR count). The Morgan fingerprint density at radius 3 is 2.78 bits per heavy atom. The molecule has 8 heteroatoms. The molecule has 0 unspecified atom stereocenters. The molecule has 0 bridgehead atoms. The molecule has 0 saturated heterocycles. The largest absolute Gasteiger partial charge is 0.481 e. The van der Waals surface area contributed by atoms with Gasteiger partial charge in [-0.1, -0.05) is 42.1 Å². The number of nitrogens with two attached hydrogens (primary N) is 1. The molecule has 0 saturated carbocycles. The minimum Gasteiger partial charge on any atom is -0.481 e. The molecule has 0 fully saturated rings. The Balaban J connectivity index is 1.98. The average Bonchev–Trinajstić information content (AvgIpc) is 2.88. The van der Waals surface area contributed by atoms with Crippen molar-refractivity contribution in [2.75, 3.05) is 11.5 Å². The summed E-state index contributed by atoms with van der Waals surface area (Å²) in [4.78, 5) is 23.4. The van der Waals surface area contributed by atoms with Crippen LogP contribution in [0.2, 0.25) is 0 Å². The van der Waals surface area contributed by atoms with Gasteiger partial charge in [0, 0.05) is 5.75 Å². The SMILES string of the molecule is Nc1ncnc2c1nc(SCCC(=O)O)n2Cc1ccccc1. The van der Waals surface area contributed by atoms with Crippen molar-refractivity contribution in [1.29, 1.82) is 0 Å². The molecule has 0 atom stereocenters. The fourth-order valence-electron chi connectivity index (χ4n) is 2.18. The van der Waals surface area contributed by atoms with Crippen molar-refractivity contribution in [1.82, 2.24) is 19.5 Å². The van der Waals surface area contributed by atoms with Crippen LogP contribution in [0.4, 0.5) is 5.82 Å². The summed E-state index contributed by atoms with van der Waals surface area (Å²) in [6.07, 6.45) is 1.48. The van der Waals surface area contributed by atoms with Crippen molar-refractivity contribution in [3.8, 4) is 0 Å². The molecule has 0 aliphatic rings. The van der Waals surface area contributed by atoms with E-state index in [0.29, 0.717) is 34.4 Å². The third kappa shape index (κ3) is 3.42. The Morgan fingerprint density at radius 2 is 2.04 bits per heavy atom. The van der Waals surface area contributed by atoms with Crippen LogP contribution in [0.5, 0.6) is 0 Å². The molecule has 0 amide bonds. The number of thioether (sulfide) groups is 1. The van der Waals surface area contributed by atoms with Crippen molar-refractivity contribution in [2.45, 2.75) is 18.1 Å². The number of aromatic nitrogens is 4. The van der Waals surface area contributed by atoms with Gasteiger partial charge in [0.1, 0.15) is 6.33 Å². The Hall–Kier alpha value is -2.61. The second-order valence-electron chi connectivity index (χ2n) is 4.89. The van der Waals surface area contributed by atoms with Gasteiger partial charge in [-0.15, -0.1) is 0 Å². The first-order chi connectivity index (χ1) is 11.1. The number of carboxylic acid groups (broad SMARTS) is 1. The van der Waals surface area contributed by atoms with Crippen LogP contribution in [-0.2, 0) is 11.3 Å². The van der Waals surface area contributed by atoms with Crippen LogP contribution in [0.15, 0.2) is 41.8 Å². The number of aliphatic carboxylic acids is 1. The van der Waals surface area contributed by atoms with E-state index in [1.807, 2.05) is 34.9 Å². The number of nitrogen functional groups attached to an aromatic ring is 1. The standard InChI is InChI=1S/C15H15N5O2S/c16-13-12-14(18-9-17-13)20(8-10-4-2-1-3-5-10)15(19-12)23-7-6-11(21)22/h1-5,9H,6-8H2,(H,21,22)(H2,16,17,18). The summed E-state index contributed by atoms with van der Waals surface area (Å²) in [6, 6.07) is 9.92. The summed E-state index contributed by atoms with van der Waals surface area (Å²) in [6.45, 7) is 0.587. The minimum atomic E-state index is -0.831. The summed E-state index contributed by atoms with van der Waals surface area (Å²) < 4.78 is 1.94. The zero-order valence-corrected chi connectivity index (χ0v) is 13.0. The van der Waals surface area contributed by atoms with Crippen LogP contribution < -0.4 is 5.73 Å². The van der Waals surface area contributed by atoms with E-state index in [9.17, 15) is 4.79 Å². The van der Waals surface area contributed by atoms with E-state index in [1.165, 1.54) is 18.1 Å². The molecular formula is C15H15N5O2S. The van der Waals surface area contributed by atoms with Crippen LogP contribution in [0.3, 0.4) is 0 Å². The maximum Gasteiger partial charge on any atom is 0.304 e. The monoisotopic (exact) mass is 329 g/mol. The van der Waals surface area contributed by atoms with Crippen LogP contribution in [0.1, 0.15) is 12.0 Å². The number of hydrogen-bond acceptors (Lipinski definition) is 6. The third-order valence-electron chi connectivity index (χ3n) is 3.26. The summed E-state index contributed by atoms with van der Waals surface area (Å²) in [7, 11) is 0. The minimum absolute atomic E-state index is 0.0698. The highest BCUT2D eigenvalue weighted by Crippen LogP contribution is 2.26. The van der Waals surface area contributed by atoms with Crippen LogP contribution in [0, 0.1) is 0 Å². The molecule has 0 radical (unpaired) electrons. The van der Waals surface area contributed by atoms with Gasteiger partial charge in [0.05, 0.1) is 13.0 Å². The van der Waals surface area contributed by atoms with Crippen LogP contribution in [0.25, 0.3) is 11.2 Å². The fourth-order valence-corrected chi connectivity index (χ4v) is 3.10. The molecule has 2 aromatic heterocycles. The smallest absolute Gasteiger partial charge is 0.304 e.